The molecule has 0 unspecified atom stereocenters. The van der Waals surface area contributed by atoms with Crippen molar-refractivity contribution < 1.29 is 19.2 Å². The Morgan fingerprint density at radius 1 is 1.19 bits per heavy atom. The molecule has 5 rings (SSSR count). The van der Waals surface area contributed by atoms with Crippen molar-refractivity contribution >= 4 is 63.7 Å². The Hall–Kier alpha value is -3.10. The second-order valence-electron chi connectivity index (χ2n) is 9.07. The van der Waals surface area contributed by atoms with Crippen LogP contribution in [-0.2, 0) is 10.3 Å². The van der Waals surface area contributed by atoms with Gasteiger partial charge in [-0.25, -0.2) is 4.79 Å². The number of hydrogen-bond acceptors (Lipinski definition) is 5. The fraction of sp³-hybridized carbons (Fsp3) is 0.222. The molecule has 190 valence electrons. The summed E-state index contributed by atoms with van der Waals surface area (Å²) in [6, 6.07) is 8.47. The third-order valence-corrected chi connectivity index (χ3v) is 7.76. The van der Waals surface area contributed by atoms with Gasteiger partial charge in [0.1, 0.15) is 11.3 Å². The van der Waals surface area contributed by atoms with Crippen LogP contribution in [0.4, 0.5) is 0 Å². The number of aryl methyl sites for hydroxylation is 1. The summed E-state index contributed by atoms with van der Waals surface area (Å²) in [5, 5.41) is 18.3. The number of fused-ring (bicyclic) bond motifs is 1. The van der Waals surface area contributed by atoms with Gasteiger partial charge in [-0.05, 0) is 68.6 Å². The molecule has 10 heteroatoms. The summed E-state index contributed by atoms with van der Waals surface area (Å²) in [5.74, 6) is -1.00. The Morgan fingerprint density at radius 3 is 2.49 bits per heavy atom. The van der Waals surface area contributed by atoms with Gasteiger partial charge in [-0.1, -0.05) is 52.1 Å². The molecule has 2 aromatic heterocycles. The van der Waals surface area contributed by atoms with E-state index in [0.29, 0.717) is 27.4 Å². The third-order valence-electron chi connectivity index (χ3n) is 6.95. The number of benzene rings is 2. The summed E-state index contributed by atoms with van der Waals surface area (Å²) in [6.45, 7) is 1.87. The van der Waals surface area contributed by atoms with Gasteiger partial charge in [-0.3, -0.25) is 9.36 Å². The molecular weight excluding hydrogens is 537 g/mol. The third kappa shape index (κ3) is 4.26. The number of aromatic nitrogens is 2. The van der Waals surface area contributed by atoms with Crippen LogP contribution in [0.5, 0.6) is 0 Å². The topological polar surface area (TPSA) is 97.4 Å². The van der Waals surface area contributed by atoms with E-state index >= 15 is 0 Å². The number of carboxylic acid groups (broad SMARTS) is 1. The number of nitrogens with zero attached hydrogens (tertiary/aromatic N) is 2. The SMILES string of the molecule is CNC1(c2onc(-c3c(Cl)cc(Cl)cc3Cl)c2C(=O)n2cc(C)c3c(/C=C/C(=O)O)cccc32)CCC1. The molecule has 4 aromatic rings. The van der Waals surface area contributed by atoms with E-state index in [9.17, 15) is 9.59 Å². The highest BCUT2D eigenvalue weighted by Crippen LogP contribution is 2.47. The Bertz CT molecular complexity index is 1570. The fourth-order valence-corrected chi connectivity index (χ4v) is 5.98. The molecule has 0 spiro atoms. The van der Waals surface area contributed by atoms with E-state index < -0.39 is 11.5 Å². The monoisotopic (exact) mass is 557 g/mol. The zero-order valence-corrected chi connectivity index (χ0v) is 22.2. The van der Waals surface area contributed by atoms with E-state index in [-0.39, 0.29) is 27.2 Å². The summed E-state index contributed by atoms with van der Waals surface area (Å²) in [4.78, 5) is 25.4. The van der Waals surface area contributed by atoms with Crippen molar-refractivity contribution in [2.24, 2.45) is 0 Å². The van der Waals surface area contributed by atoms with Crippen LogP contribution in [0, 0.1) is 6.92 Å². The number of carbonyl (C=O) groups is 2. The molecule has 7 nitrogen and oxygen atoms in total. The first-order valence-corrected chi connectivity index (χ1v) is 12.7. The largest absolute Gasteiger partial charge is 0.478 e. The molecule has 1 aliphatic carbocycles. The summed E-state index contributed by atoms with van der Waals surface area (Å²) < 4.78 is 7.40. The number of halogens is 3. The first-order chi connectivity index (χ1) is 17.7. The van der Waals surface area contributed by atoms with Gasteiger partial charge in [0.25, 0.3) is 5.91 Å². The van der Waals surface area contributed by atoms with Crippen molar-refractivity contribution in [1.82, 2.24) is 15.0 Å². The molecule has 0 amide bonds. The van der Waals surface area contributed by atoms with Gasteiger partial charge in [0.15, 0.2) is 5.76 Å². The van der Waals surface area contributed by atoms with Gasteiger partial charge in [0.2, 0.25) is 0 Å². The van der Waals surface area contributed by atoms with Crippen molar-refractivity contribution in [3.63, 3.8) is 0 Å². The maximum atomic E-state index is 14.3. The van der Waals surface area contributed by atoms with E-state index in [1.807, 2.05) is 20.0 Å². The van der Waals surface area contributed by atoms with Crippen LogP contribution in [0.25, 0.3) is 28.2 Å². The van der Waals surface area contributed by atoms with Crippen molar-refractivity contribution in [3.8, 4) is 11.3 Å². The maximum Gasteiger partial charge on any atom is 0.328 e. The fourth-order valence-electron chi connectivity index (χ4n) is 4.98. The van der Waals surface area contributed by atoms with Crippen LogP contribution >= 0.6 is 34.8 Å². The highest BCUT2D eigenvalue weighted by atomic mass is 35.5. The van der Waals surface area contributed by atoms with E-state index in [1.54, 1.807) is 30.5 Å². The molecule has 37 heavy (non-hydrogen) atoms. The Kier molecular flexibility index (Phi) is 6.66. The lowest BCUT2D eigenvalue weighted by Gasteiger charge is -2.39. The molecule has 2 N–H and O–H groups in total. The van der Waals surface area contributed by atoms with Gasteiger partial charge < -0.3 is 14.9 Å². The normalized spacial score (nSPS) is 14.8. The lowest BCUT2D eigenvalue weighted by Crippen LogP contribution is -2.46. The standard InChI is InChI=1S/C27H22Cl3N3O4/c1-14-13-33(19-6-3-5-15(21(14)19)7-8-20(34)35)26(36)23-24(22-17(29)11-16(28)12-18(22)30)32-37-25(23)27(31-2)9-4-10-27/h3,5-8,11-13,31H,4,9-10H2,1-2H3,(H,34,35)/b8-7+. The number of carboxylic acids is 1. The second-order valence-corrected chi connectivity index (χ2v) is 10.3. The van der Waals surface area contributed by atoms with Crippen molar-refractivity contribution in [2.75, 3.05) is 7.05 Å². The van der Waals surface area contributed by atoms with E-state index in [2.05, 4.69) is 10.5 Å². The minimum absolute atomic E-state index is 0.231. The minimum Gasteiger partial charge on any atom is -0.478 e. The Morgan fingerprint density at radius 2 is 1.89 bits per heavy atom. The average molecular weight is 559 g/mol. The molecule has 2 heterocycles. The van der Waals surface area contributed by atoms with Gasteiger partial charge in [-0.15, -0.1) is 0 Å². The first kappa shape index (κ1) is 25.5. The summed E-state index contributed by atoms with van der Waals surface area (Å²) in [7, 11) is 1.83. The number of hydrogen-bond donors (Lipinski definition) is 2. The van der Waals surface area contributed by atoms with Crippen LogP contribution in [0.1, 0.15) is 46.5 Å². The molecule has 1 fully saturated rings. The number of aliphatic carboxylic acids is 1. The van der Waals surface area contributed by atoms with Crippen molar-refractivity contribution in [3.05, 3.63) is 80.1 Å². The molecule has 1 saturated carbocycles. The van der Waals surface area contributed by atoms with Crippen LogP contribution in [-0.4, -0.2) is 33.8 Å². The number of nitrogens with one attached hydrogen (secondary N) is 1. The van der Waals surface area contributed by atoms with Crippen molar-refractivity contribution in [2.45, 2.75) is 31.7 Å². The summed E-state index contributed by atoms with van der Waals surface area (Å²) in [5.41, 5.74) is 2.41. The van der Waals surface area contributed by atoms with Crippen LogP contribution in [0.2, 0.25) is 15.1 Å². The lowest BCUT2D eigenvalue weighted by molar-refractivity contribution is -0.131. The molecule has 0 radical (unpaired) electrons. The average Bonchev–Trinajstić information content (AvgIpc) is 3.39. The Balaban J connectivity index is 1.75. The van der Waals surface area contributed by atoms with Crippen LogP contribution < -0.4 is 5.32 Å². The highest BCUT2D eigenvalue weighted by molar-refractivity contribution is 6.42. The smallest absolute Gasteiger partial charge is 0.328 e. The van der Waals surface area contributed by atoms with E-state index in [1.165, 1.54) is 10.6 Å². The molecule has 0 bridgehead atoms. The molecule has 1 aliphatic rings. The maximum absolute atomic E-state index is 14.3. The molecule has 2 aromatic carbocycles. The number of carbonyl (C=O) groups excluding carboxylic acids is 1. The lowest BCUT2D eigenvalue weighted by atomic mass is 9.73. The first-order valence-electron chi connectivity index (χ1n) is 11.6. The molecule has 0 atom stereocenters. The zero-order valence-electron chi connectivity index (χ0n) is 19.9. The van der Waals surface area contributed by atoms with Gasteiger partial charge in [-0.2, -0.15) is 0 Å². The highest BCUT2D eigenvalue weighted by Gasteiger charge is 2.45. The second kappa shape index (κ2) is 9.65. The molecule has 0 aliphatic heterocycles. The van der Waals surface area contributed by atoms with E-state index in [4.69, 9.17) is 44.4 Å². The predicted octanol–water partition coefficient (Wildman–Crippen LogP) is 6.95. The molecule has 0 saturated heterocycles. The molecular formula is C27H22Cl3N3O4. The van der Waals surface area contributed by atoms with Crippen LogP contribution in [0.15, 0.2) is 47.1 Å². The predicted molar refractivity (Wildman–Crippen MR) is 145 cm³/mol. The Labute approximate surface area is 227 Å². The van der Waals surface area contributed by atoms with Crippen molar-refractivity contribution in [1.29, 1.82) is 0 Å². The van der Waals surface area contributed by atoms with Crippen LogP contribution in [0.3, 0.4) is 0 Å². The summed E-state index contributed by atoms with van der Waals surface area (Å²) in [6.07, 6.45) is 6.83. The zero-order chi connectivity index (χ0) is 26.5. The summed E-state index contributed by atoms with van der Waals surface area (Å²) >= 11 is 19.2. The van der Waals surface area contributed by atoms with Gasteiger partial charge >= 0.3 is 5.97 Å². The minimum atomic E-state index is -1.06. The van der Waals surface area contributed by atoms with Gasteiger partial charge in [0.05, 0.1) is 21.1 Å². The van der Waals surface area contributed by atoms with E-state index in [0.717, 1.165) is 36.3 Å². The number of rotatable bonds is 6. The van der Waals surface area contributed by atoms with Gasteiger partial charge in [0, 0.05) is 28.2 Å². The quantitative estimate of drug-likeness (QED) is 0.249.